The number of amides is 1. The minimum Gasteiger partial charge on any atom is -0.465 e. The van der Waals surface area contributed by atoms with Crippen LogP contribution in [0.3, 0.4) is 0 Å². The fourth-order valence-corrected chi connectivity index (χ4v) is 5.85. The van der Waals surface area contributed by atoms with Crippen molar-refractivity contribution in [3.8, 4) is 11.6 Å². The second kappa shape index (κ2) is 8.70. The Morgan fingerprint density at radius 1 is 1.26 bits per heavy atom. The van der Waals surface area contributed by atoms with Gasteiger partial charge < -0.3 is 14.7 Å². The molecule has 3 aromatic rings. The predicted octanol–water partition coefficient (Wildman–Crippen LogP) is 4.51. The first kappa shape index (κ1) is 22.7. The highest BCUT2D eigenvalue weighted by Gasteiger charge is 2.44. The summed E-state index contributed by atoms with van der Waals surface area (Å²) in [6.45, 7) is 4.06. The summed E-state index contributed by atoms with van der Waals surface area (Å²) in [7, 11) is 0. The van der Waals surface area contributed by atoms with Gasteiger partial charge in [0.05, 0.1) is 16.2 Å². The van der Waals surface area contributed by atoms with E-state index in [2.05, 4.69) is 36.1 Å². The minimum atomic E-state index is -0.861. The second-order valence-electron chi connectivity index (χ2n) is 10.1. The van der Waals surface area contributed by atoms with Crippen molar-refractivity contribution in [2.45, 2.75) is 38.8 Å². The Morgan fingerprint density at radius 2 is 2.09 bits per heavy atom. The van der Waals surface area contributed by atoms with E-state index in [9.17, 15) is 14.3 Å². The van der Waals surface area contributed by atoms with Crippen LogP contribution in [0.4, 0.5) is 9.18 Å². The molecule has 2 saturated heterocycles. The summed E-state index contributed by atoms with van der Waals surface area (Å²) in [4.78, 5) is 19.3. The Bertz CT molecular complexity index is 1300. The molecule has 35 heavy (non-hydrogen) atoms. The number of hydrogen-bond acceptors (Lipinski definition) is 6. The van der Waals surface area contributed by atoms with E-state index in [-0.39, 0.29) is 5.41 Å². The number of rotatable bonds is 6. The third-order valence-electron chi connectivity index (χ3n) is 7.44. The molecule has 1 atom stereocenters. The molecule has 1 amide bonds. The summed E-state index contributed by atoms with van der Waals surface area (Å²) in [5.74, 6) is 1.15. The summed E-state index contributed by atoms with van der Waals surface area (Å²) in [6.07, 6.45) is 4.55. The molecule has 9 nitrogen and oxygen atoms in total. The molecular weight excluding hydrogens is 519 g/mol. The summed E-state index contributed by atoms with van der Waals surface area (Å²) < 4.78 is 22.9. The van der Waals surface area contributed by atoms with Crippen molar-refractivity contribution in [2.75, 3.05) is 26.2 Å². The van der Waals surface area contributed by atoms with Crippen LogP contribution in [-0.4, -0.2) is 67.2 Å². The zero-order chi connectivity index (χ0) is 24.2. The number of aromatic nitrogens is 4. The standard InChI is InChI=1S/C24H26BrFN6O3/c25-20-19(4-3-18-21(20)28-29-32(18)11-15-1-2-15)35-22-16(9-17(26)10-27-22)12-30-7-5-24(13-30)6-8-31(14-24)23(33)34/h3-4,9-10,15H,1-2,5-8,11-14H2,(H,33,34). The molecule has 1 N–H and O–H groups in total. The summed E-state index contributed by atoms with van der Waals surface area (Å²) in [5, 5.41) is 18.0. The lowest BCUT2D eigenvalue weighted by atomic mass is 9.86. The molecule has 184 valence electrons. The van der Waals surface area contributed by atoms with Crippen LogP contribution in [0.15, 0.2) is 28.9 Å². The van der Waals surface area contributed by atoms with Crippen molar-refractivity contribution < 1.29 is 19.0 Å². The lowest BCUT2D eigenvalue weighted by Crippen LogP contribution is -2.33. The number of pyridine rings is 1. The lowest BCUT2D eigenvalue weighted by molar-refractivity contribution is 0.148. The topological polar surface area (TPSA) is 96.6 Å². The van der Waals surface area contributed by atoms with E-state index in [1.807, 2.05) is 16.8 Å². The maximum absolute atomic E-state index is 14.2. The Labute approximate surface area is 210 Å². The van der Waals surface area contributed by atoms with Crippen LogP contribution in [0.1, 0.15) is 31.2 Å². The minimum absolute atomic E-state index is 0.0273. The first-order valence-corrected chi connectivity index (χ1v) is 12.7. The van der Waals surface area contributed by atoms with Gasteiger partial charge >= 0.3 is 6.09 Å². The Hall–Kier alpha value is -2.79. The number of carbonyl (C=O) groups is 1. The Kier molecular flexibility index (Phi) is 5.63. The van der Waals surface area contributed by atoms with Gasteiger partial charge in [0, 0.05) is 43.7 Å². The number of halogens is 2. The third-order valence-corrected chi connectivity index (χ3v) is 8.20. The van der Waals surface area contributed by atoms with Gasteiger partial charge in [-0.15, -0.1) is 5.10 Å². The van der Waals surface area contributed by atoms with Crippen LogP contribution < -0.4 is 4.74 Å². The number of nitrogens with zero attached hydrogens (tertiary/aromatic N) is 6. The molecule has 0 radical (unpaired) electrons. The van der Waals surface area contributed by atoms with Crippen molar-refractivity contribution in [2.24, 2.45) is 11.3 Å². The first-order valence-electron chi connectivity index (χ1n) is 11.9. The fraction of sp³-hybridized carbons (Fsp3) is 0.500. The molecule has 11 heteroatoms. The van der Waals surface area contributed by atoms with Gasteiger partial charge in [0.1, 0.15) is 17.1 Å². The molecule has 1 aromatic carbocycles. The SMILES string of the molecule is O=C(O)N1CCC2(CCN(Cc3cc(F)cnc3Oc3ccc4c(nnn4CC4CC4)c3Br)C2)C1. The molecule has 3 aliphatic rings. The van der Waals surface area contributed by atoms with Gasteiger partial charge in [0.2, 0.25) is 5.88 Å². The van der Waals surface area contributed by atoms with E-state index >= 15 is 0 Å². The van der Waals surface area contributed by atoms with Gasteiger partial charge in [-0.3, -0.25) is 4.90 Å². The van der Waals surface area contributed by atoms with Crippen molar-refractivity contribution in [1.82, 2.24) is 29.8 Å². The summed E-state index contributed by atoms with van der Waals surface area (Å²) >= 11 is 3.61. The number of hydrogen-bond donors (Lipinski definition) is 1. The molecule has 2 aromatic heterocycles. The van der Waals surface area contributed by atoms with E-state index in [1.165, 1.54) is 23.8 Å². The predicted molar refractivity (Wildman–Crippen MR) is 129 cm³/mol. The number of likely N-dealkylation sites (tertiary alicyclic amines) is 2. The van der Waals surface area contributed by atoms with Crippen molar-refractivity contribution in [1.29, 1.82) is 0 Å². The van der Waals surface area contributed by atoms with Crippen molar-refractivity contribution in [3.05, 3.63) is 40.2 Å². The second-order valence-corrected chi connectivity index (χ2v) is 10.9. The maximum atomic E-state index is 14.2. The van der Waals surface area contributed by atoms with Gasteiger partial charge in [0.25, 0.3) is 0 Å². The molecule has 1 saturated carbocycles. The summed E-state index contributed by atoms with van der Waals surface area (Å²) in [6, 6.07) is 5.27. The van der Waals surface area contributed by atoms with Crippen LogP contribution in [0.25, 0.3) is 11.0 Å². The fourth-order valence-electron chi connectivity index (χ4n) is 5.36. The lowest BCUT2D eigenvalue weighted by Gasteiger charge is -2.24. The molecular formula is C24H26BrFN6O3. The zero-order valence-electron chi connectivity index (χ0n) is 19.2. The third kappa shape index (κ3) is 4.47. The molecule has 3 fully saturated rings. The van der Waals surface area contributed by atoms with Gasteiger partial charge in [-0.2, -0.15) is 0 Å². The molecule has 0 bridgehead atoms. The van der Waals surface area contributed by atoms with Crippen molar-refractivity contribution in [3.63, 3.8) is 0 Å². The van der Waals surface area contributed by atoms with E-state index in [4.69, 9.17) is 4.74 Å². The van der Waals surface area contributed by atoms with Gasteiger partial charge in [0.15, 0.2) is 0 Å². The number of carboxylic acid groups (broad SMARTS) is 1. The average Bonchev–Trinajstić information content (AvgIpc) is 3.22. The van der Waals surface area contributed by atoms with E-state index in [0.29, 0.717) is 47.2 Å². The molecule has 1 aliphatic carbocycles. The van der Waals surface area contributed by atoms with E-state index < -0.39 is 11.9 Å². The average molecular weight is 545 g/mol. The molecule has 1 spiro atoms. The molecule has 1 unspecified atom stereocenters. The Morgan fingerprint density at radius 3 is 2.86 bits per heavy atom. The van der Waals surface area contributed by atoms with Gasteiger partial charge in [-0.1, -0.05) is 5.21 Å². The highest BCUT2D eigenvalue weighted by molar-refractivity contribution is 9.10. The largest absolute Gasteiger partial charge is 0.465 e. The quantitative estimate of drug-likeness (QED) is 0.487. The van der Waals surface area contributed by atoms with E-state index in [0.717, 1.165) is 49.7 Å². The monoisotopic (exact) mass is 544 g/mol. The highest BCUT2D eigenvalue weighted by Crippen LogP contribution is 2.41. The zero-order valence-corrected chi connectivity index (χ0v) is 20.7. The van der Waals surface area contributed by atoms with E-state index in [1.54, 1.807) is 0 Å². The highest BCUT2D eigenvalue weighted by atomic mass is 79.9. The number of fused-ring (bicyclic) bond motifs is 1. The van der Waals surface area contributed by atoms with Crippen molar-refractivity contribution >= 4 is 33.1 Å². The maximum Gasteiger partial charge on any atom is 0.407 e. The number of ether oxygens (including phenoxy) is 1. The van der Waals surface area contributed by atoms with Gasteiger partial charge in [-0.25, -0.2) is 18.9 Å². The van der Waals surface area contributed by atoms with Crippen LogP contribution in [0.2, 0.25) is 0 Å². The normalized spacial score (nSPS) is 22.5. The van der Waals surface area contributed by atoms with Crippen LogP contribution >= 0.6 is 15.9 Å². The Balaban J connectivity index is 1.20. The van der Waals surface area contributed by atoms with Crippen LogP contribution in [0.5, 0.6) is 11.6 Å². The van der Waals surface area contributed by atoms with Crippen LogP contribution in [-0.2, 0) is 13.1 Å². The molecule has 6 rings (SSSR count). The van der Waals surface area contributed by atoms with Gasteiger partial charge in [-0.05, 0) is 72.3 Å². The van der Waals surface area contributed by atoms with Crippen LogP contribution in [0, 0.1) is 17.2 Å². The summed E-state index contributed by atoms with van der Waals surface area (Å²) in [5.41, 5.74) is 2.29. The molecule has 2 aliphatic heterocycles. The number of benzene rings is 1. The smallest absolute Gasteiger partial charge is 0.407 e. The first-order chi connectivity index (χ1) is 16.9. The molecule has 4 heterocycles.